The molecule has 4 heteroatoms. The van der Waals surface area contributed by atoms with Crippen LogP contribution in [0, 0.1) is 0 Å². The Morgan fingerprint density at radius 2 is 1.93 bits per heavy atom. The number of nitrogens with one attached hydrogen (secondary N) is 1. The van der Waals surface area contributed by atoms with Gasteiger partial charge in [0.1, 0.15) is 24.5 Å². The number of hydrogen-bond donors (Lipinski definition) is 1. The Bertz CT molecular complexity index is 1020. The highest BCUT2D eigenvalue weighted by molar-refractivity contribution is 5.70. The summed E-state index contributed by atoms with van der Waals surface area (Å²) in [5.74, 6) is 1.48. The first-order valence-corrected chi connectivity index (χ1v) is 9.57. The normalized spacial score (nSPS) is 11.0. The van der Waals surface area contributed by atoms with E-state index in [2.05, 4.69) is 47.5 Å². The monoisotopic (exact) mass is 383 g/mol. The summed E-state index contributed by atoms with van der Waals surface area (Å²) >= 11 is 0. The Hall–Kier alpha value is -3.66. The minimum Gasteiger partial charge on any atom is -0.488 e. The van der Waals surface area contributed by atoms with Gasteiger partial charge in [-0.05, 0) is 41.8 Å². The average molecular weight is 383 g/mol. The predicted octanol–water partition coefficient (Wildman–Crippen LogP) is 6.13. The second kappa shape index (κ2) is 10.0. The largest absolute Gasteiger partial charge is 0.488 e. The molecule has 0 fully saturated rings. The fourth-order valence-corrected chi connectivity index (χ4v) is 2.88. The van der Waals surface area contributed by atoms with Crippen molar-refractivity contribution < 1.29 is 4.74 Å². The molecular weight excluding hydrogens is 358 g/mol. The molecule has 0 aliphatic rings. The van der Waals surface area contributed by atoms with Crippen molar-refractivity contribution in [2.24, 2.45) is 0 Å². The number of allylic oxidation sites excluding steroid dienone is 2. The van der Waals surface area contributed by atoms with Gasteiger partial charge in [-0.1, -0.05) is 62.6 Å². The Labute approximate surface area is 172 Å². The molecule has 0 amide bonds. The minimum absolute atomic E-state index is 0.409. The Morgan fingerprint density at radius 3 is 2.72 bits per heavy atom. The quantitative estimate of drug-likeness (QED) is 0.452. The second-order valence-electron chi connectivity index (χ2n) is 6.43. The van der Waals surface area contributed by atoms with E-state index < -0.39 is 0 Å². The molecule has 0 spiro atoms. The first kappa shape index (κ1) is 20.1. The van der Waals surface area contributed by atoms with Crippen LogP contribution in [0.3, 0.4) is 0 Å². The zero-order chi connectivity index (χ0) is 20.5. The molecule has 0 aliphatic heterocycles. The zero-order valence-electron chi connectivity index (χ0n) is 16.6. The van der Waals surface area contributed by atoms with Gasteiger partial charge in [0, 0.05) is 17.3 Å². The van der Waals surface area contributed by atoms with Gasteiger partial charge in [0.25, 0.3) is 0 Å². The third kappa shape index (κ3) is 5.42. The standard InChI is InChI=1S/C25H25N3O/c1-4-10-20(6-3)17-29-24-14-8-7-13-22(24)23-16-25(27-18-26-23)28-21-12-9-11-19(5-2)15-21/h4,6-16,18H,1,3,5,17H2,2H3,(H,26,27,28)/b20-10+. The van der Waals surface area contributed by atoms with Gasteiger partial charge in [-0.2, -0.15) is 0 Å². The lowest BCUT2D eigenvalue weighted by Gasteiger charge is -2.12. The third-order valence-corrected chi connectivity index (χ3v) is 4.43. The van der Waals surface area contributed by atoms with E-state index in [1.54, 1.807) is 18.5 Å². The number of para-hydroxylation sites is 1. The van der Waals surface area contributed by atoms with Gasteiger partial charge in [0.05, 0.1) is 5.69 Å². The minimum atomic E-state index is 0.409. The Morgan fingerprint density at radius 1 is 1.07 bits per heavy atom. The molecule has 146 valence electrons. The van der Waals surface area contributed by atoms with Gasteiger partial charge in [0.15, 0.2) is 0 Å². The number of ether oxygens (including phenoxy) is 1. The van der Waals surface area contributed by atoms with Crippen molar-refractivity contribution in [2.75, 3.05) is 11.9 Å². The molecule has 2 aromatic carbocycles. The van der Waals surface area contributed by atoms with Crippen LogP contribution in [0.15, 0.2) is 97.9 Å². The van der Waals surface area contributed by atoms with Crippen LogP contribution in [0.2, 0.25) is 0 Å². The molecule has 0 bridgehead atoms. The van der Waals surface area contributed by atoms with Crippen LogP contribution in [-0.2, 0) is 6.42 Å². The van der Waals surface area contributed by atoms with Crippen molar-refractivity contribution in [3.8, 4) is 17.0 Å². The molecule has 0 unspecified atom stereocenters. The fraction of sp³-hybridized carbons (Fsp3) is 0.120. The van der Waals surface area contributed by atoms with Gasteiger partial charge < -0.3 is 10.1 Å². The maximum Gasteiger partial charge on any atom is 0.134 e. The number of nitrogens with zero attached hydrogens (tertiary/aromatic N) is 2. The SMILES string of the molecule is C=C/C=C(\C=C)COc1ccccc1-c1cc(Nc2cccc(CC)c2)ncn1. The molecule has 3 rings (SSSR count). The van der Waals surface area contributed by atoms with Gasteiger partial charge in [-0.3, -0.25) is 0 Å². The second-order valence-corrected chi connectivity index (χ2v) is 6.43. The van der Waals surface area contributed by atoms with Crippen molar-refractivity contribution in [3.05, 3.63) is 103 Å². The third-order valence-electron chi connectivity index (χ3n) is 4.43. The van der Waals surface area contributed by atoms with Crippen LogP contribution >= 0.6 is 0 Å². The summed E-state index contributed by atoms with van der Waals surface area (Å²) in [7, 11) is 0. The topological polar surface area (TPSA) is 47.0 Å². The summed E-state index contributed by atoms with van der Waals surface area (Å²) in [4.78, 5) is 8.81. The molecular formula is C25H25N3O. The summed E-state index contributed by atoms with van der Waals surface area (Å²) < 4.78 is 6.02. The highest BCUT2D eigenvalue weighted by Crippen LogP contribution is 2.30. The van der Waals surface area contributed by atoms with Crippen LogP contribution in [0.25, 0.3) is 11.3 Å². The summed E-state index contributed by atoms with van der Waals surface area (Å²) in [5.41, 5.74) is 4.92. The maximum absolute atomic E-state index is 6.02. The lowest BCUT2D eigenvalue weighted by Crippen LogP contribution is -2.01. The maximum atomic E-state index is 6.02. The molecule has 1 aromatic heterocycles. The number of aromatic nitrogens is 2. The number of benzene rings is 2. The van der Waals surface area contributed by atoms with Crippen LogP contribution in [0.4, 0.5) is 11.5 Å². The van der Waals surface area contributed by atoms with Crippen LogP contribution in [-0.4, -0.2) is 16.6 Å². The van der Waals surface area contributed by atoms with Gasteiger partial charge in [0.2, 0.25) is 0 Å². The zero-order valence-corrected chi connectivity index (χ0v) is 16.6. The van der Waals surface area contributed by atoms with Crippen molar-refractivity contribution in [1.82, 2.24) is 9.97 Å². The van der Waals surface area contributed by atoms with Crippen molar-refractivity contribution >= 4 is 11.5 Å². The van der Waals surface area contributed by atoms with E-state index in [1.807, 2.05) is 48.5 Å². The molecule has 1 N–H and O–H groups in total. The highest BCUT2D eigenvalue weighted by atomic mass is 16.5. The summed E-state index contributed by atoms with van der Waals surface area (Å²) in [6.07, 6.45) is 7.92. The van der Waals surface area contributed by atoms with E-state index in [9.17, 15) is 0 Å². The van der Waals surface area contributed by atoms with E-state index in [-0.39, 0.29) is 0 Å². The molecule has 0 atom stereocenters. The van der Waals surface area contributed by atoms with Crippen molar-refractivity contribution in [1.29, 1.82) is 0 Å². The van der Waals surface area contributed by atoms with E-state index in [4.69, 9.17) is 4.74 Å². The molecule has 0 saturated carbocycles. The number of rotatable bonds is 9. The molecule has 29 heavy (non-hydrogen) atoms. The fourth-order valence-electron chi connectivity index (χ4n) is 2.88. The number of anilines is 2. The molecule has 1 heterocycles. The Kier molecular flexibility index (Phi) is 6.95. The van der Waals surface area contributed by atoms with Crippen LogP contribution in [0.5, 0.6) is 5.75 Å². The van der Waals surface area contributed by atoms with E-state index in [1.165, 1.54) is 5.56 Å². The van der Waals surface area contributed by atoms with Gasteiger partial charge in [-0.25, -0.2) is 9.97 Å². The summed E-state index contributed by atoms with van der Waals surface area (Å²) in [5, 5.41) is 3.36. The van der Waals surface area contributed by atoms with Gasteiger partial charge in [-0.15, -0.1) is 0 Å². The first-order chi connectivity index (χ1) is 14.2. The number of aryl methyl sites for hydroxylation is 1. The van der Waals surface area contributed by atoms with Crippen molar-refractivity contribution in [2.45, 2.75) is 13.3 Å². The first-order valence-electron chi connectivity index (χ1n) is 9.57. The molecule has 0 radical (unpaired) electrons. The highest BCUT2D eigenvalue weighted by Gasteiger charge is 2.09. The molecule has 4 nitrogen and oxygen atoms in total. The lowest BCUT2D eigenvalue weighted by molar-refractivity contribution is 0.357. The predicted molar refractivity (Wildman–Crippen MR) is 121 cm³/mol. The summed E-state index contributed by atoms with van der Waals surface area (Å²) in [6.45, 7) is 10.1. The Balaban J connectivity index is 1.84. The lowest BCUT2D eigenvalue weighted by atomic mass is 10.1. The van der Waals surface area contributed by atoms with Crippen LogP contribution in [0.1, 0.15) is 12.5 Å². The van der Waals surface area contributed by atoms with E-state index in [0.717, 1.165) is 40.5 Å². The van der Waals surface area contributed by atoms with E-state index in [0.29, 0.717) is 6.61 Å². The van der Waals surface area contributed by atoms with Crippen molar-refractivity contribution in [3.63, 3.8) is 0 Å². The van der Waals surface area contributed by atoms with Crippen LogP contribution < -0.4 is 10.1 Å². The molecule has 0 saturated heterocycles. The number of hydrogen-bond acceptors (Lipinski definition) is 4. The smallest absolute Gasteiger partial charge is 0.134 e. The molecule has 3 aromatic rings. The average Bonchev–Trinajstić information content (AvgIpc) is 2.77. The van der Waals surface area contributed by atoms with Gasteiger partial charge >= 0.3 is 0 Å². The summed E-state index contributed by atoms with van der Waals surface area (Å²) in [6, 6.07) is 18.1. The molecule has 0 aliphatic carbocycles. The van der Waals surface area contributed by atoms with E-state index >= 15 is 0 Å².